The van der Waals surface area contributed by atoms with Crippen LogP contribution in [0.15, 0.2) is 24.3 Å². The molecule has 1 aromatic carbocycles. The maximum atomic E-state index is 11.7. The highest BCUT2D eigenvalue weighted by Gasteiger charge is 2.20. The smallest absolute Gasteiger partial charge is 0.322 e. The molecule has 1 unspecified atom stereocenters. The molecule has 1 atom stereocenters. The average Bonchev–Trinajstić information content (AvgIpc) is 2.44. The number of rotatable bonds is 5. The van der Waals surface area contributed by atoms with Crippen LogP contribution in [0.1, 0.15) is 24.1 Å². The van der Waals surface area contributed by atoms with Gasteiger partial charge in [0.25, 0.3) is 0 Å². The molecule has 0 heterocycles. The third-order valence-electron chi connectivity index (χ3n) is 2.61. The Morgan fingerprint density at radius 3 is 2.52 bits per heavy atom. The van der Waals surface area contributed by atoms with Crippen LogP contribution in [0.5, 0.6) is 0 Å². The van der Waals surface area contributed by atoms with Crippen LogP contribution in [0.3, 0.4) is 0 Å². The second kappa shape index (κ2) is 7.78. The Morgan fingerprint density at radius 2 is 2.00 bits per heavy atom. The highest BCUT2D eigenvalue weighted by atomic mass is 32.2. The monoisotopic (exact) mass is 311 g/mol. The van der Waals surface area contributed by atoms with Crippen LogP contribution in [0.25, 0.3) is 0 Å². The molecule has 6 nitrogen and oxygen atoms in total. The molecule has 0 aliphatic carbocycles. The Labute approximate surface area is 124 Å². The van der Waals surface area contributed by atoms with Gasteiger partial charge in [-0.15, -0.1) is 0 Å². The SMILES string of the molecule is COC(=O)CS(=O)(=O)NC(C)c1ccc(C#CCO)cc1. The van der Waals surface area contributed by atoms with Gasteiger partial charge in [0.05, 0.1) is 7.11 Å². The average molecular weight is 311 g/mol. The summed E-state index contributed by atoms with van der Waals surface area (Å²) in [5.41, 5.74) is 1.45. The molecule has 21 heavy (non-hydrogen) atoms. The van der Waals surface area contributed by atoms with Crippen molar-refractivity contribution in [1.29, 1.82) is 0 Å². The summed E-state index contributed by atoms with van der Waals surface area (Å²) in [6.07, 6.45) is 0. The van der Waals surface area contributed by atoms with Crippen LogP contribution in [0.4, 0.5) is 0 Å². The van der Waals surface area contributed by atoms with Gasteiger partial charge in [-0.25, -0.2) is 13.1 Å². The number of nitrogens with one attached hydrogen (secondary N) is 1. The number of methoxy groups -OCH3 is 1. The highest BCUT2D eigenvalue weighted by molar-refractivity contribution is 7.90. The number of carbonyl (C=O) groups is 1. The zero-order valence-electron chi connectivity index (χ0n) is 11.8. The van der Waals surface area contributed by atoms with E-state index in [2.05, 4.69) is 21.3 Å². The molecule has 1 aromatic rings. The van der Waals surface area contributed by atoms with Crippen molar-refractivity contribution in [2.75, 3.05) is 19.5 Å². The van der Waals surface area contributed by atoms with E-state index in [4.69, 9.17) is 5.11 Å². The number of aliphatic hydroxyl groups excluding tert-OH is 1. The summed E-state index contributed by atoms with van der Waals surface area (Å²) in [5.74, 6) is 3.73. The number of benzene rings is 1. The Kier molecular flexibility index (Phi) is 6.37. The van der Waals surface area contributed by atoms with E-state index in [9.17, 15) is 13.2 Å². The number of esters is 1. The topological polar surface area (TPSA) is 92.7 Å². The summed E-state index contributed by atoms with van der Waals surface area (Å²) in [7, 11) is -2.62. The second-order valence-corrected chi connectivity index (χ2v) is 6.01. The van der Waals surface area contributed by atoms with Gasteiger partial charge in [-0.05, 0) is 24.6 Å². The molecule has 0 bridgehead atoms. The maximum absolute atomic E-state index is 11.7. The summed E-state index contributed by atoms with van der Waals surface area (Å²) >= 11 is 0. The van der Waals surface area contributed by atoms with Gasteiger partial charge in [-0.1, -0.05) is 24.0 Å². The summed E-state index contributed by atoms with van der Waals surface area (Å²) < 4.78 is 30.2. The van der Waals surface area contributed by atoms with Crippen LogP contribution in [-0.2, 0) is 19.6 Å². The van der Waals surface area contributed by atoms with E-state index in [1.807, 2.05) is 0 Å². The number of aliphatic hydroxyl groups is 1. The Morgan fingerprint density at radius 1 is 1.38 bits per heavy atom. The van der Waals surface area contributed by atoms with E-state index in [1.54, 1.807) is 31.2 Å². The van der Waals surface area contributed by atoms with Crippen molar-refractivity contribution in [3.05, 3.63) is 35.4 Å². The molecule has 0 aromatic heterocycles. The van der Waals surface area contributed by atoms with Crippen molar-refractivity contribution in [3.63, 3.8) is 0 Å². The van der Waals surface area contributed by atoms with Gasteiger partial charge in [-0.3, -0.25) is 4.79 Å². The molecular weight excluding hydrogens is 294 g/mol. The fourth-order valence-electron chi connectivity index (χ4n) is 1.59. The first-order chi connectivity index (χ1) is 9.88. The molecule has 1 rings (SSSR count). The quantitative estimate of drug-likeness (QED) is 0.598. The van der Waals surface area contributed by atoms with Crippen molar-refractivity contribution in [3.8, 4) is 11.8 Å². The number of carbonyl (C=O) groups excluding carboxylic acids is 1. The minimum atomic E-state index is -3.75. The lowest BCUT2D eigenvalue weighted by Crippen LogP contribution is -2.32. The van der Waals surface area contributed by atoms with E-state index in [0.717, 1.165) is 18.2 Å². The molecule has 114 valence electrons. The maximum Gasteiger partial charge on any atom is 0.322 e. The van der Waals surface area contributed by atoms with Gasteiger partial charge in [0.1, 0.15) is 6.61 Å². The molecule has 0 saturated heterocycles. The molecule has 7 heteroatoms. The molecular formula is C14H17NO5S. The summed E-state index contributed by atoms with van der Waals surface area (Å²) in [4.78, 5) is 11.0. The highest BCUT2D eigenvalue weighted by Crippen LogP contribution is 2.14. The Balaban J connectivity index is 2.75. The van der Waals surface area contributed by atoms with E-state index < -0.39 is 27.8 Å². The van der Waals surface area contributed by atoms with E-state index in [-0.39, 0.29) is 6.61 Å². The second-order valence-electron chi connectivity index (χ2n) is 4.26. The van der Waals surface area contributed by atoms with E-state index in [1.165, 1.54) is 0 Å². The predicted molar refractivity (Wildman–Crippen MR) is 77.8 cm³/mol. The lowest BCUT2D eigenvalue weighted by Gasteiger charge is -2.14. The van der Waals surface area contributed by atoms with E-state index in [0.29, 0.717) is 0 Å². The number of hydrogen-bond acceptors (Lipinski definition) is 5. The minimum absolute atomic E-state index is 0.217. The van der Waals surface area contributed by atoms with E-state index >= 15 is 0 Å². The Hall–Kier alpha value is -1.88. The van der Waals surface area contributed by atoms with Gasteiger partial charge in [0.2, 0.25) is 10.0 Å². The number of hydrogen-bond donors (Lipinski definition) is 2. The van der Waals surface area contributed by atoms with Crippen molar-refractivity contribution < 1.29 is 23.1 Å². The fraction of sp³-hybridized carbons (Fsp3) is 0.357. The molecule has 0 radical (unpaired) electrons. The molecule has 0 saturated carbocycles. The molecule has 0 aliphatic heterocycles. The van der Waals surface area contributed by atoms with Gasteiger partial charge in [-0.2, -0.15) is 0 Å². The first kappa shape index (κ1) is 17.2. The molecule has 0 spiro atoms. The van der Waals surface area contributed by atoms with Gasteiger partial charge in [0, 0.05) is 11.6 Å². The van der Waals surface area contributed by atoms with Crippen molar-refractivity contribution in [2.45, 2.75) is 13.0 Å². The van der Waals surface area contributed by atoms with Crippen molar-refractivity contribution >= 4 is 16.0 Å². The normalized spacial score (nSPS) is 12.1. The molecule has 0 amide bonds. The van der Waals surface area contributed by atoms with Gasteiger partial charge < -0.3 is 9.84 Å². The Bertz CT molecular complexity index is 640. The standard InChI is InChI=1S/C14H17NO5S/c1-11(15-21(18,19)10-14(17)20-2)13-7-5-12(6-8-13)4-3-9-16/h5-8,11,15-16H,9-10H2,1-2H3. The van der Waals surface area contributed by atoms with Crippen LogP contribution >= 0.6 is 0 Å². The molecule has 2 N–H and O–H groups in total. The van der Waals surface area contributed by atoms with Crippen LogP contribution in [-0.4, -0.2) is 39.0 Å². The lowest BCUT2D eigenvalue weighted by atomic mass is 10.1. The van der Waals surface area contributed by atoms with Crippen LogP contribution in [0.2, 0.25) is 0 Å². The van der Waals surface area contributed by atoms with Crippen molar-refractivity contribution in [2.24, 2.45) is 0 Å². The summed E-state index contributed by atoms with van der Waals surface area (Å²) in [5, 5.41) is 8.60. The number of ether oxygens (including phenoxy) is 1. The first-order valence-electron chi connectivity index (χ1n) is 6.14. The summed E-state index contributed by atoms with van der Waals surface area (Å²) in [6.45, 7) is 1.45. The number of sulfonamides is 1. The largest absolute Gasteiger partial charge is 0.468 e. The first-order valence-corrected chi connectivity index (χ1v) is 7.79. The fourth-order valence-corrected chi connectivity index (χ4v) is 2.78. The van der Waals surface area contributed by atoms with Crippen LogP contribution < -0.4 is 4.72 Å². The van der Waals surface area contributed by atoms with Crippen LogP contribution in [0, 0.1) is 11.8 Å². The zero-order chi connectivity index (χ0) is 15.9. The van der Waals surface area contributed by atoms with Crippen molar-refractivity contribution in [1.82, 2.24) is 4.72 Å². The summed E-state index contributed by atoms with van der Waals surface area (Å²) in [6, 6.07) is 6.42. The predicted octanol–water partition coefficient (Wildman–Crippen LogP) is 0.184. The molecule has 0 aliphatic rings. The molecule has 0 fully saturated rings. The minimum Gasteiger partial charge on any atom is -0.468 e. The van der Waals surface area contributed by atoms with Gasteiger partial charge >= 0.3 is 5.97 Å². The lowest BCUT2D eigenvalue weighted by molar-refractivity contribution is -0.137. The van der Waals surface area contributed by atoms with Gasteiger partial charge in [0.15, 0.2) is 5.75 Å². The third kappa shape index (κ3) is 5.95. The third-order valence-corrected chi connectivity index (χ3v) is 3.94. The zero-order valence-corrected chi connectivity index (χ0v) is 12.6.